The van der Waals surface area contributed by atoms with Gasteiger partial charge in [0.2, 0.25) is 0 Å². The van der Waals surface area contributed by atoms with Crippen LogP contribution in [0.25, 0.3) is 0 Å². The molecule has 80 valence electrons. The predicted molar refractivity (Wildman–Crippen MR) is 67.4 cm³/mol. The first-order valence-electron chi connectivity index (χ1n) is 5.33. The maximum Gasteiger partial charge on any atom is 0.0242 e. The van der Waals surface area contributed by atoms with Gasteiger partial charge < -0.3 is 4.90 Å². The van der Waals surface area contributed by atoms with Crippen LogP contribution in [0, 0.1) is 0 Å². The van der Waals surface area contributed by atoms with Crippen LogP contribution in [0.3, 0.4) is 0 Å². The number of hydrogen-bond acceptors (Lipinski definition) is 2. The van der Waals surface area contributed by atoms with Gasteiger partial charge in [-0.2, -0.15) is 0 Å². The standard InChI is InChI=1S/C13H17NS/c1-3-4-11-5-6-13-12(9-11)10-14(2)7-8-15-13/h3,5-6,9H,1,4,7-8,10H2,2H3. The van der Waals surface area contributed by atoms with Crippen molar-refractivity contribution in [2.75, 3.05) is 19.3 Å². The lowest BCUT2D eigenvalue weighted by Crippen LogP contribution is -2.18. The fourth-order valence-corrected chi connectivity index (χ4v) is 2.97. The van der Waals surface area contributed by atoms with Crippen molar-refractivity contribution in [2.45, 2.75) is 17.9 Å². The fourth-order valence-electron chi connectivity index (χ4n) is 1.87. The first-order chi connectivity index (χ1) is 7.29. The smallest absolute Gasteiger partial charge is 0.0242 e. The number of hydrogen-bond donors (Lipinski definition) is 0. The summed E-state index contributed by atoms with van der Waals surface area (Å²) in [6.45, 7) is 6.04. The third-order valence-electron chi connectivity index (χ3n) is 2.68. The van der Waals surface area contributed by atoms with Crippen LogP contribution in [0.2, 0.25) is 0 Å². The highest BCUT2D eigenvalue weighted by Crippen LogP contribution is 2.27. The third-order valence-corrected chi connectivity index (χ3v) is 3.77. The normalized spacial score (nSPS) is 16.9. The van der Waals surface area contributed by atoms with Crippen LogP contribution < -0.4 is 0 Å². The van der Waals surface area contributed by atoms with Crippen LogP contribution in [-0.2, 0) is 13.0 Å². The molecule has 0 aromatic heterocycles. The molecule has 1 aromatic rings. The molecule has 15 heavy (non-hydrogen) atoms. The second-order valence-corrected chi connectivity index (χ2v) is 5.16. The highest BCUT2D eigenvalue weighted by molar-refractivity contribution is 7.99. The van der Waals surface area contributed by atoms with Crippen LogP contribution in [0.4, 0.5) is 0 Å². The number of allylic oxidation sites excluding steroid dienone is 1. The molecule has 0 bridgehead atoms. The number of fused-ring (bicyclic) bond motifs is 1. The minimum Gasteiger partial charge on any atom is -0.301 e. The first-order valence-corrected chi connectivity index (χ1v) is 6.32. The van der Waals surface area contributed by atoms with Crippen LogP contribution in [0.15, 0.2) is 35.7 Å². The lowest BCUT2D eigenvalue weighted by molar-refractivity contribution is 0.349. The molecule has 0 aliphatic carbocycles. The lowest BCUT2D eigenvalue weighted by atomic mass is 10.1. The van der Waals surface area contributed by atoms with E-state index in [-0.39, 0.29) is 0 Å². The van der Waals surface area contributed by atoms with E-state index in [0.717, 1.165) is 13.0 Å². The summed E-state index contributed by atoms with van der Waals surface area (Å²) in [5.74, 6) is 1.20. The van der Waals surface area contributed by atoms with E-state index < -0.39 is 0 Å². The van der Waals surface area contributed by atoms with Gasteiger partial charge in [-0.1, -0.05) is 18.2 Å². The zero-order valence-corrected chi connectivity index (χ0v) is 10.0. The molecular formula is C13H17NS. The largest absolute Gasteiger partial charge is 0.301 e. The van der Waals surface area contributed by atoms with Gasteiger partial charge >= 0.3 is 0 Å². The van der Waals surface area contributed by atoms with E-state index in [1.807, 2.05) is 17.8 Å². The third kappa shape index (κ3) is 2.64. The van der Waals surface area contributed by atoms with Crippen molar-refractivity contribution in [3.63, 3.8) is 0 Å². The molecule has 2 heteroatoms. The van der Waals surface area contributed by atoms with Crippen LogP contribution in [-0.4, -0.2) is 24.2 Å². The highest BCUT2D eigenvalue weighted by Gasteiger charge is 2.11. The van der Waals surface area contributed by atoms with E-state index in [1.54, 1.807) is 0 Å². The second kappa shape index (κ2) is 4.86. The van der Waals surface area contributed by atoms with E-state index in [4.69, 9.17) is 0 Å². The Labute approximate surface area is 96.2 Å². The zero-order valence-electron chi connectivity index (χ0n) is 9.20. The van der Waals surface area contributed by atoms with Crippen molar-refractivity contribution in [2.24, 2.45) is 0 Å². The zero-order chi connectivity index (χ0) is 10.7. The summed E-state index contributed by atoms with van der Waals surface area (Å²) < 4.78 is 0. The Bertz CT molecular complexity index is 360. The maximum atomic E-state index is 3.79. The maximum absolute atomic E-state index is 3.79. The fraction of sp³-hybridized carbons (Fsp3) is 0.385. The Morgan fingerprint density at radius 3 is 3.20 bits per heavy atom. The monoisotopic (exact) mass is 219 g/mol. The molecule has 0 saturated carbocycles. The summed E-state index contributed by atoms with van der Waals surface area (Å²) in [5, 5.41) is 0. The Balaban J connectivity index is 2.28. The van der Waals surface area contributed by atoms with E-state index in [2.05, 4.69) is 36.7 Å². The average Bonchev–Trinajstić information content (AvgIpc) is 2.38. The van der Waals surface area contributed by atoms with Crippen molar-refractivity contribution in [1.29, 1.82) is 0 Å². The summed E-state index contributed by atoms with van der Waals surface area (Å²) in [6.07, 6.45) is 2.94. The highest BCUT2D eigenvalue weighted by atomic mass is 32.2. The topological polar surface area (TPSA) is 3.24 Å². The van der Waals surface area contributed by atoms with Gasteiger partial charge in [-0.05, 0) is 30.7 Å². The van der Waals surface area contributed by atoms with Gasteiger partial charge in [-0.25, -0.2) is 0 Å². The molecule has 1 heterocycles. The molecule has 0 atom stereocenters. The van der Waals surface area contributed by atoms with Gasteiger partial charge in [-0.15, -0.1) is 18.3 Å². The summed E-state index contributed by atoms with van der Waals surface area (Å²) in [4.78, 5) is 3.84. The quantitative estimate of drug-likeness (QED) is 0.704. The average molecular weight is 219 g/mol. The number of nitrogens with zero attached hydrogens (tertiary/aromatic N) is 1. The van der Waals surface area contributed by atoms with Gasteiger partial charge in [0.1, 0.15) is 0 Å². The van der Waals surface area contributed by atoms with Crippen LogP contribution in [0.5, 0.6) is 0 Å². The number of thioether (sulfide) groups is 1. The molecule has 1 aromatic carbocycles. The van der Waals surface area contributed by atoms with Gasteiger partial charge in [0, 0.05) is 23.7 Å². The minimum absolute atomic E-state index is 0.974. The van der Waals surface area contributed by atoms with Gasteiger partial charge in [-0.3, -0.25) is 0 Å². The Morgan fingerprint density at radius 2 is 2.40 bits per heavy atom. The summed E-state index contributed by atoms with van der Waals surface area (Å²) in [6, 6.07) is 6.81. The second-order valence-electron chi connectivity index (χ2n) is 4.02. The van der Waals surface area contributed by atoms with Gasteiger partial charge in [0.25, 0.3) is 0 Å². The van der Waals surface area contributed by atoms with Crippen LogP contribution >= 0.6 is 11.8 Å². The van der Waals surface area contributed by atoms with Gasteiger partial charge in [0.05, 0.1) is 0 Å². The van der Waals surface area contributed by atoms with E-state index in [0.29, 0.717) is 0 Å². The van der Waals surface area contributed by atoms with E-state index in [9.17, 15) is 0 Å². The summed E-state index contributed by atoms with van der Waals surface area (Å²) in [7, 11) is 2.19. The van der Waals surface area contributed by atoms with Crippen molar-refractivity contribution < 1.29 is 0 Å². The number of benzene rings is 1. The molecule has 0 N–H and O–H groups in total. The Morgan fingerprint density at radius 1 is 1.53 bits per heavy atom. The molecule has 2 rings (SSSR count). The molecular weight excluding hydrogens is 202 g/mol. The molecule has 1 aliphatic rings. The van der Waals surface area contributed by atoms with Gasteiger partial charge in [0.15, 0.2) is 0 Å². The number of rotatable bonds is 2. The molecule has 0 amide bonds. The Kier molecular flexibility index (Phi) is 3.49. The van der Waals surface area contributed by atoms with E-state index in [1.165, 1.54) is 28.3 Å². The molecule has 1 aliphatic heterocycles. The molecule has 0 spiro atoms. The molecule has 0 fully saturated rings. The molecule has 0 unspecified atom stereocenters. The summed E-state index contributed by atoms with van der Waals surface area (Å²) >= 11 is 1.97. The van der Waals surface area contributed by atoms with E-state index >= 15 is 0 Å². The lowest BCUT2D eigenvalue weighted by Gasteiger charge is -2.13. The van der Waals surface area contributed by atoms with Crippen LogP contribution in [0.1, 0.15) is 11.1 Å². The SMILES string of the molecule is C=CCc1ccc2c(c1)CN(C)CCS2. The van der Waals surface area contributed by atoms with Crippen molar-refractivity contribution in [3.8, 4) is 0 Å². The van der Waals surface area contributed by atoms with Crippen molar-refractivity contribution in [3.05, 3.63) is 42.0 Å². The first kappa shape index (κ1) is 10.8. The molecule has 1 nitrogen and oxygen atoms in total. The van der Waals surface area contributed by atoms with Crippen molar-refractivity contribution in [1.82, 2.24) is 4.90 Å². The van der Waals surface area contributed by atoms with Crippen molar-refractivity contribution >= 4 is 11.8 Å². The summed E-state index contributed by atoms with van der Waals surface area (Å²) in [5.41, 5.74) is 2.85. The molecule has 0 saturated heterocycles. The predicted octanol–water partition coefficient (Wildman–Crippen LogP) is 2.95. The Hall–Kier alpha value is -0.730. The minimum atomic E-state index is 0.974. The molecule has 0 radical (unpaired) electrons.